The Balaban J connectivity index is 1.37. The molecule has 0 fully saturated rings. The number of carbonyl (C=O) groups excluding carboxylic acids is 2. The van der Waals surface area contributed by atoms with Crippen LogP contribution in [-0.2, 0) is 13.1 Å². The van der Waals surface area contributed by atoms with Crippen molar-refractivity contribution in [1.29, 1.82) is 0 Å². The van der Waals surface area contributed by atoms with Crippen LogP contribution in [0.3, 0.4) is 0 Å². The number of oxazole rings is 1. The van der Waals surface area contributed by atoms with Crippen LogP contribution in [0.4, 0.5) is 4.39 Å². The highest BCUT2D eigenvalue weighted by atomic mass is 19.1. The third-order valence-electron chi connectivity index (χ3n) is 4.99. The second-order valence-electron chi connectivity index (χ2n) is 7.29. The summed E-state index contributed by atoms with van der Waals surface area (Å²) in [4.78, 5) is 47.6. The summed E-state index contributed by atoms with van der Waals surface area (Å²) in [6, 6.07) is 11.5. The van der Waals surface area contributed by atoms with E-state index in [1.165, 1.54) is 6.07 Å². The van der Waals surface area contributed by atoms with Gasteiger partial charge in [-0.2, -0.15) is 5.10 Å². The highest BCUT2D eigenvalue weighted by Crippen LogP contribution is 2.14. The summed E-state index contributed by atoms with van der Waals surface area (Å²) in [5.74, 6) is -2.56. The summed E-state index contributed by atoms with van der Waals surface area (Å²) in [6.45, 7) is 0.227. The van der Waals surface area contributed by atoms with Gasteiger partial charge in [0.05, 0.1) is 24.0 Å². The zero-order valence-electron chi connectivity index (χ0n) is 17.4. The minimum Gasteiger partial charge on any atom is -0.408 e. The minimum absolute atomic E-state index is 0.0626. The lowest BCUT2D eigenvalue weighted by atomic mass is 10.2. The van der Waals surface area contributed by atoms with Gasteiger partial charge in [-0.3, -0.25) is 19.6 Å². The highest BCUT2D eigenvalue weighted by molar-refractivity contribution is 5.98. The fourth-order valence-corrected chi connectivity index (χ4v) is 3.36. The van der Waals surface area contributed by atoms with E-state index in [9.17, 15) is 18.8 Å². The Morgan fingerprint density at radius 3 is 2.76 bits per heavy atom. The summed E-state index contributed by atoms with van der Waals surface area (Å²) < 4.78 is 20.2. The van der Waals surface area contributed by atoms with Crippen molar-refractivity contribution in [2.75, 3.05) is 0 Å². The molecule has 34 heavy (non-hydrogen) atoms. The van der Waals surface area contributed by atoms with Crippen LogP contribution in [0.15, 0.2) is 64.1 Å². The van der Waals surface area contributed by atoms with Crippen LogP contribution in [-0.4, -0.2) is 36.4 Å². The van der Waals surface area contributed by atoms with Crippen molar-refractivity contribution < 1.29 is 18.4 Å². The molecule has 0 aliphatic rings. The molecule has 12 heteroatoms. The summed E-state index contributed by atoms with van der Waals surface area (Å²) >= 11 is 0. The van der Waals surface area contributed by atoms with Gasteiger partial charge in [0.2, 0.25) is 0 Å². The molecule has 0 atom stereocenters. The van der Waals surface area contributed by atoms with E-state index in [0.717, 1.165) is 10.7 Å². The zero-order chi connectivity index (χ0) is 23.7. The first-order valence-electron chi connectivity index (χ1n) is 10.1. The largest absolute Gasteiger partial charge is 0.417 e. The van der Waals surface area contributed by atoms with Gasteiger partial charge in [-0.15, -0.1) is 0 Å². The topological polar surface area (TPSA) is 147 Å². The van der Waals surface area contributed by atoms with Crippen LogP contribution in [0.25, 0.3) is 16.7 Å². The van der Waals surface area contributed by atoms with Gasteiger partial charge in [-0.25, -0.2) is 18.7 Å². The number of hydrogen-bond acceptors (Lipinski definition) is 7. The van der Waals surface area contributed by atoms with E-state index in [1.54, 1.807) is 42.6 Å². The quantitative estimate of drug-likeness (QED) is 0.348. The van der Waals surface area contributed by atoms with Crippen molar-refractivity contribution in [2.45, 2.75) is 13.1 Å². The number of rotatable bonds is 6. The van der Waals surface area contributed by atoms with Gasteiger partial charge in [0.1, 0.15) is 11.4 Å². The van der Waals surface area contributed by atoms with E-state index < -0.39 is 23.4 Å². The molecule has 2 amide bonds. The summed E-state index contributed by atoms with van der Waals surface area (Å²) in [5.41, 5.74) is 1.71. The molecule has 0 spiro atoms. The van der Waals surface area contributed by atoms with Gasteiger partial charge >= 0.3 is 5.76 Å². The number of hydrogen-bond donors (Lipinski definition) is 3. The smallest absolute Gasteiger partial charge is 0.408 e. The molecule has 4 heterocycles. The fourth-order valence-electron chi connectivity index (χ4n) is 3.36. The maximum atomic E-state index is 14.2. The Morgan fingerprint density at radius 2 is 1.94 bits per heavy atom. The summed E-state index contributed by atoms with van der Waals surface area (Å²) in [6.07, 6.45) is 2.51. The molecular formula is C22H16FN7O4. The van der Waals surface area contributed by atoms with Crippen molar-refractivity contribution in [1.82, 2.24) is 35.2 Å². The van der Waals surface area contributed by atoms with E-state index in [2.05, 4.69) is 30.7 Å². The average Bonchev–Trinajstić information content (AvgIpc) is 3.42. The minimum atomic E-state index is -0.775. The Kier molecular flexibility index (Phi) is 5.30. The van der Waals surface area contributed by atoms with E-state index in [4.69, 9.17) is 4.42 Å². The second kappa shape index (κ2) is 8.58. The van der Waals surface area contributed by atoms with E-state index in [0.29, 0.717) is 22.4 Å². The van der Waals surface area contributed by atoms with Crippen LogP contribution in [0.2, 0.25) is 0 Å². The summed E-state index contributed by atoms with van der Waals surface area (Å²) in [7, 11) is 0. The number of nitrogens with zero attached hydrogens (tertiary/aromatic N) is 4. The molecule has 1 aromatic carbocycles. The Bertz CT molecular complexity index is 1590. The number of carbonyl (C=O) groups is 2. The number of amides is 2. The van der Waals surface area contributed by atoms with Gasteiger partial charge in [0.25, 0.3) is 11.8 Å². The summed E-state index contributed by atoms with van der Waals surface area (Å²) in [5, 5.41) is 9.20. The first kappa shape index (κ1) is 21.0. The maximum absolute atomic E-state index is 14.2. The zero-order valence-corrected chi connectivity index (χ0v) is 17.4. The van der Waals surface area contributed by atoms with E-state index in [1.807, 2.05) is 0 Å². The molecule has 0 aliphatic carbocycles. The lowest BCUT2D eigenvalue weighted by Gasteiger charge is -2.09. The number of aromatic nitrogens is 5. The van der Waals surface area contributed by atoms with Crippen molar-refractivity contribution in [2.24, 2.45) is 0 Å². The van der Waals surface area contributed by atoms with E-state index in [-0.39, 0.29) is 30.1 Å². The molecule has 0 aliphatic heterocycles. The lowest BCUT2D eigenvalue weighted by Crippen LogP contribution is -2.28. The number of pyridine rings is 1. The molecular weight excluding hydrogens is 445 g/mol. The monoisotopic (exact) mass is 461 g/mol. The van der Waals surface area contributed by atoms with Gasteiger partial charge < -0.3 is 15.1 Å². The van der Waals surface area contributed by atoms with Crippen LogP contribution in [0, 0.1) is 5.82 Å². The average molecular weight is 461 g/mol. The molecule has 0 bridgehead atoms. The first-order chi connectivity index (χ1) is 16.5. The first-order valence-corrected chi connectivity index (χ1v) is 10.1. The molecule has 5 rings (SSSR count). The third-order valence-corrected chi connectivity index (χ3v) is 4.99. The van der Waals surface area contributed by atoms with Crippen molar-refractivity contribution in [3.8, 4) is 0 Å². The number of nitrogens with one attached hydrogen (secondary N) is 3. The lowest BCUT2D eigenvalue weighted by molar-refractivity contribution is 0.0942. The fraction of sp³-hybridized carbons (Fsp3) is 0.0909. The number of benzene rings is 1. The van der Waals surface area contributed by atoms with Crippen molar-refractivity contribution in [3.05, 3.63) is 93.9 Å². The van der Waals surface area contributed by atoms with E-state index >= 15 is 0 Å². The van der Waals surface area contributed by atoms with Gasteiger partial charge in [-0.05, 0) is 29.8 Å². The number of aromatic amines is 1. The molecule has 0 radical (unpaired) electrons. The molecule has 5 aromatic rings. The molecule has 0 saturated heterocycles. The molecule has 4 aromatic heterocycles. The SMILES string of the molecule is O=C(NCc1ccc2oc(=O)[nH]c2c1)c1cc(C(=O)NCc2ccccn2)n2ncc(F)c2n1. The van der Waals surface area contributed by atoms with Crippen LogP contribution >= 0.6 is 0 Å². The standard InChI is InChI=1S/C22H16FN7O4/c23-14-11-27-30-17(21(32)26-10-13-3-1-2-6-24-13)8-16(28-19(14)30)20(31)25-9-12-4-5-18-15(7-12)29-22(33)34-18/h1-8,11H,9-10H2,(H,25,31)(H,26,32)(H,29,33). The van der Waals surface area contributed by atoms with Crippen LogP contribution < -0.4 is 16.4 Å². The normalized spacial score (nSPS) is 11.1. The Labute approximate surface area is 189 Å². The van der Waals surface area contributed by atoms with Crippen molar-refractivity contribution >= 4 is 28.6 Å². The van der Waals surface area contributed by atoms with Crippen LogP contribution in [0.1, 0.15) is 32.2 Å². The molecule has 3 N–H and O–H groups in total. The van der Waals surface area contributed by atoms with Gasteiger partial charge in [-0.1, -0.05) is 12.1 Å². The Morgan fingerprint density at radius 1 is 1.09 bits per heavy atom. The van der Waals surface area contributed by atoms with Gasteiger partial charge in [0, 0.05) is 18.8 Å². The number of halogens is 1. The molecule has 0 unspecified atom stereocenters. The Hall–Kier alpha value is -4.87. The second-order valence-corrected chi connectivity index (χ2v) is 7.29. The van der Waals surface area contributed by atoms with Crippen LogP contribution in [0.5, 0.6) is 0 Å². The third kappa shape index (κ3) is 4.11. The van der Waals surface area contributed by atoms with Crippen molar-refractivity contribution in [3.63, 3.8) is 0 Å². The molecule has 11 nitrogen and oxygen atoms in total. The number of H-pyrrole nitrogens is 1. The molecule has 170 valence electrons. The number of fused-ring (bicyclic) bond motifs is 2. The van der Waals surface area contributed by atoms with Gasteiger partial charge in [0.15, 0.2) is 17.0 Å². The molecule has 0 saturated carbocycles. The maximum Gasteiger partial charge on any atom is 0.417 e. The predicted octanol–water partition coefficient (Wildman–Crippen LogP) is 1.56. The highest BCUT2D eigenvalue weighted by Gasteiger charge is 2.20. The predicted molar refractivity (Wildman–Crippen MR) is 116 cm³/mol.